The van der Waals surface area contributed by atoms with Gasteiger partial charge in [-0.15, -0.1) is 0 Å². The minimum absolute atomic E-state index is 0.0548. The number of phenolic OH excluding ortho intramolecular Hbond substituents is 1. The van der Waals surface area contributed by atoms with Gasteiger partial charge in [-0.25, -0.2) is 0 Å². The molecule has 0 amide bonds. The third-order valence-corrected chi connectivity index (χ3v) is 2.27. The van der Waals surface area contributed by atoms with Crippen molar-refractivity contribution < 1.29 is 14.6 Å². The summed E-state index contributed by atoms with van der Waals surface area (Å²) in [6.45, 7) is 5.61. The lowest BCUT2D eigenvalue weighted by Crippen LogP contribution is -2.36. The van der Waals surface area contributed by atoms with Crippen LogP contribution in [0.1, 0.15) is 32.4 Å². The van der Waals surface area contributed by atoms with Gasteiger partial charge in [0.1, 0.15) is 0 Å². The van der Waals surface area contributed by atoms with E-state index in [1.54, 1.807) is 12.1 Å². The van der Waals surface area contributed by atoms with Crippen molar-refractivity contribution in [3.8, 4) is 11.5 Å². The van der Waals surface area contributed by atoms with Crippen molar-refractivity contribution in [2.24, 2.45) is 0 Å². The van der Waals surface area contributed by atoms with Gasteiger partial charge in [0, 0.05) is 19.4 Å². The Bertz CT molecular complexity index is 358. The fourth-order valence-electron chi connectivity index (χ4n) is 1.73. The van der Waals surface area contributed by atoms with E-state index in [1.807, 2.05) is 26.8 Å². The zero-order valence-corrected chi connectivity index (χ0v) is 8.57. The summed E-state index contributed by atoms with van der Waals surface area (Å²) >= 11 is 0. The van der Waals surface area contributed by atoms with Crippen LogP contribution in [0.4, 0.5) is 0 Å². The van der Waals surface area contributed by atoms with Gasteiger partial charge in [-0.1, -0.05) is 12.1 Å². The number of benzene rings is 1. The van der Waals surface area contributed by atoms with Crippen LogP contribution in [0.2, 0.25) is 0 Å². The highest BCUT2D eigenvalue weighted by atomic mass is 16.7. The van der Waals surface area contributed by atoms with Crippen LogP contribution >= 0.6 is 0 Å². The normalized spacial score (nSPS) is 23.8. The molecule has 1 aliphatic rings. The summed E-state index contributed by atoms with van der Waals surface area (Å²) in [6, 6.07) is 5.30. The van der Waals surface area contributed by atoms with Crippen molar-refractivity contribution in [1.29, 1.82) is 0 Å². The topological polar surface area (TPSA) is 38.7 Å². The molecule has 76 valence electrons. The van der Waals surface area contributed by atoms with E-state index in [4.69, 9.17) is 9.47 Å². The standard InChI is InChI=1S/C11H14O3/c1-7-8-5-4-6-9(12)10(8)14-11(2,3)13-7/h4-7,12H,1-3H3. The first kappa shape index (κ1) is 9.34. The van der Waals surface area contributed by atoms with Crippen LogP contribution in [0.3, 0.4) is 0 Å². The second-order valence-electron chi connectivity index (χ2n) is 3.96. The molecule has 0 fully saturated rings. The monoisotopic (exact) mass is 194 g/mol. The lowest BCUT2D eigenvalue weighted by atomic mass is 10.1. The van der Waals surface area contributed by atoms with Crippen molar-refractivity contribution in [2.75, 3.05) is 0 Å². The Morgan fingerprint density at radius 1 is 1.36 bits per heavy atom. The minimum Gasteiger partial charge on any atom is -0.504 e. The zero-order chi connectivity index (χ0) is 10.3. The molecule has 1 aromatic rings. The lowest BCUT2D eigenvalue weighted by Gasteiger charge is -2.36. The molecule has 1 aliphatic heterocycles. The summed E-state index contributed by atoms with van der Waals surface area (Å²) in [4.78, 5) is 0. The smallest absolute Gasteiger partial charge is 0.205 e. The first-order valence-corrected chi connectivity index (χ1v) is 4.68. The molecule has 2 rings (SSSR count). The number of fused-ring (bicyclic) bond motifs is 1. The Morgan fingerprint density at radius 2 is 2.07 bits per heavy atom. The Balaban J connectivity index is 2.51. The maximum Gasteiger partial charge on any atom is 0.205 e. The van der Waals surface area contributed by atoms with E-state index < -0.39 is 5.79 Å². The van der Waals surface area contributed by atoms with Gasteiger partial charge < -0.3 is 14.6 Å². The van der Waals surface area contributed by atoms with Gasteiger partial charge in [-0.3, -0.25) is 0 Å². The molecule has 0 radical (unpaired) electrons. The summed E-state index contributed by atoms with van der Waals surface area (Å²) in [6.07, 6.45) is -0.0548. The molecule has 1 unspecified atom stereocenters. The van der Waals surface area contributed by atoms with Crippen LogP contribution in [-0.2, 0) is 4.74 Å². The van der Waals surface area contributed by atoms with Gasteiger partial charge in [0.2, 0.25) is 5.79 Å². The zero-order valence-electron chi connectivity index (χ0n) is 8.57. The average Bonchev–Trinajstić information content (AvgIpc) is 2.05. The molecular formula is C11H14O3. The summed E-state index contributed by atoms with van der Waals surface area (Å²) in [5.41, 5.74) is 0.893. The summed E-state index contributed by atoms with van der Waals surface area (Å²) in [5, 5.41) is 9.63. The van der Waals surface area contributed by atoms with Crippen molar-refractivity contribution in [3.63, 3.8) is 0 Å². The van der Waals surface area contributed by atoms with Crippen LogP contribution in [0.15, 0.2) is 18.2 Å². The van der Waals surface area contributed by atoms with Crippen molar-refractivity contribution >= 4 is 0 Å². The van der Waals surface area contributed by atoms with Gasteiger partial charge in [-0.05, 0) is 13.0 Å². The van der Waals surface area contributed by atoms with Crippen LogP contribution in [0.25, 0.3) is 0 Å². The maximum atomic E-state index is 9.63. The Morgan fingerprint density at radius 3 is 2.79 bits per heavy atom. The fourth-order valence-corrected chi connectivity index (χ4v) is 1.73. The predicted octanol–water partition coefficient (Wildman–Crippen LogP) is 2.60. The number of aromatic hydroxyl groups is 1. The number of rotatable bonds is 0. The quantitative estimate of drug-likeness (QED) is 0.690. The Labute approximate surface area is 83.3 Å². The maximum absolute atomic E-state index is 9.63. The highest BCUT2D eigenvalue weighted by Crippen LogP contribution is 2.43. The minimum atomic E-state index is -0.675. The molecule has 1 N–H and O–H groups in total. The van der Waals surface area contributed by atoms with Crippen molar-refractivity contribution in [1.82, 2.24) is 0 Å². The van der Waals surface area contributed by atoms with Crippen LogP contribution in [-0.4, -0.2) is 10.9 Å². The number of phenols is 1. The molecule has 1 heterocycles. The summed E-state index contributed by atoms with van der Waals surface area (Å²) in [5.74, 6) is 0.0348. The second-order valence-corrected chi connectivity index (χ2v) is 3.96. The van der Waals surface area contributed by atoms with E-state index in [1.165, 1.54) is 0 Å². The summed E-state index contributed by atoms with van der Waals surface area (Å²) in [7, 11) is 0. The molecule has 0 aromatic heterocycles. The average molecular weight is 194 g/mol. The van der Waals surface area contributed by atoms with Gasteiger partial charge >= 0.3 is 0 Å². The molecule has 0 aliphatic carbocycles. The highest BCUT2D eigenvalue weighted by molar-refractivity contribution is 5.47. The van der Waals surface area contributed by atoms with E-state index in [9.17, 15) is 5.11 Å². The largest absolute Gasteiger partial charge is 0.504 e. The lowest BCUT2D eigenvalue weighted by molar-refractivity contribution is -0.202. The van der Waals surface area contributed by atoms with Gasteiger partial charge in [0.25, 0.3) is 0 Å². The van der Waals surface area contributed by atoms with Crippen LogP contribution in [0.5, 0.6) is 11.5 Å². The summed E-state index contributed by atoms with van der Waals surface area (Å²) < 4.78 is 11.2. The van der Waals surface area contributed by atoms with E-state index in [2.05, 4.69) is 0 Å². The van der Waals surface area contributed by atoms with Crippen LogP contribution in [0, 0.1) is 0 Å². The fraction of sp³-hybridized carbons (Fsp3) is 0.455. The molecular weight excluding hydrogens is 180 g/mol. The third-order valence-electron chi connectivity index (χ3n) is 2.27. The Kier molecular flexibility index (Phi) is 1.93. The number of hydrogen-bond donors (Lipinski definition) is 1. The van der Waals surface area contributed by atoms with Gasteiger partial charge in [-0.2, -0.15) is 0 Å². The Hall–Kier alpha value is -1.22. The third kappa shape index (κ3) is 1.44. The highest BCUT2D eigenvalue weighted by Gasteiger charge is 2.33. The molecule has 3 heteroatoms. The van der Waals surface area contributed by atoms with Crippen molar-refractivity contribution in [2.45, 2.75) is 32.7 Å². The molecule has 0 spiro atoms. The van der Waals surface area contributed by atoms with Crippen molar-refractivity contribution in [3.05, 3.63) is 23.8 Å². The van der Waals surface area contributed by atoms with E-state index in [-0.39, 0.29) is 11.9 Å². The number of ether oxygens (including phenoxy) is 2. The molecule has 0 saturated carbocycles. The predicted molar refractivity (Wildman–Crippen MR) is 52.3 cm³/mol. The van der Waals surface area contributed by atoms with Gasteiger partial charge in [0.15, 0.2) is 11.5 Å². The first-order valence-electron chi connectivity index (χ1n) is 4.68. The molecule has 0 bridgehead atoms. The first-order chi connectivity index (χ1) is 6.49. The molecule has 1 atom stereocenters. The molecule has 1 aromatic carbocycles. The SMILES string of the molecule is CC1OC(C)(C)Oc2c(O)cccc21. The van der Waals surface area contributed by atoms with E-state index in [0.29, 0.717) is 5.75 Å². The van der Waals surface area contributed by atoms with E-state index >= 15 is 0 Å². The van der Waals surface area contributed by atoms with Crippen LogP contribution < -0.4 is 4.74 Å². The number of hydrogen-bond acceptors (Lipinski definition) is 3. The molecule has 3 nitrogen and oxygen atoms in total. The van der Waals surface area contributed by atoms with E-state index in [0.717, 1.165) is 5.56 Å². The number of para-hydroxylation sites is 1. The molecule has 0 saturated heterocycles. The molecule has 14 heavy (non-hydrogen) atoms. The van der Waals surface area contributed by atoms with Gasteiger partial charge in [0.05, 0.1) is 6.10 Å². The second kappa shape index (κ2) is 2.89.